The number of carboxylic acids is 1. The molecule has 2 saturated heterocycles. The number of rotatable bonds is 3. The fourth-order valence-electron chi connectivity index (χ4n) is 3.64. The van der Waals surface area contributed by atoms with E-state index in [1.807, 2.05) is 24.3 Å². The lowest BCUT2D eigenvalue weighted by molar-refractivity contribution is -0.153. The lowest BCUT2D eigenvalue weighted by Gasteiger charge is -2.48. The number of hydrogen-bond acceptors (Lipinski definition) is 4. The number of amides is 1. The van der Waals surface area contributed by atoms with Gasteiger partial charge in [-0.2, -0.15) is 0 Å². The number of carbonyl (C=O) groups is 2. The Balaban J connectivity index is 1.72. The van der Waals surface area contributed by atoms with Crippen LogP contribution in [-0.2, 0) is 9.59 Å². The summed E-state index contributed by atoms with van der Waals surface area (Å²) in [6.07, 6.45) is 7.74. The third kappa shape index (κ3) is 1.80. The highest BCUT2D eigenvalue weighted by Crippen LogP contribution is 2.43. The van der Waals surface area contributed by atoms with Crippen LogP contribution in [-0.4, -0.2) is 45.5 Å². The zero-order valence-corrected chi connectivity index (χ0v) is 11.8. The summed E-state index contributed by atoms with van der Waals surface area (Å²) in [4.78, 5) is 29.2. The van der Waals surface area contributed by atoms with Crippen LogP contribution in [0.5, 0.6) is 0 Å². The summed E-state index contributed by atoms with van der Waals surface area (Å²) in [5.41, 5.74) is 1.80. The Kier molecular flexibility index (Phi) is 2.87. The summed E-state index contributed by atoms with van der Waals surface area (Å²) in [5.74, 6) is -0.867. The van der Waals surface area contributed by atoms with E-state index in [9.17, 15) is 14.7 Å². The van der Waals surface area contributed by atoms with Crippen molar-refractivity contribution in [2.24, 2.45) is 5.92 Å². The van der Waals surface area contributed by atoms with Gasteiger partial charge in [-0.3, -0.25) is 14.7 Å². The molecule has 0 bridgehead atoms. The van der Waals surface area contributed by atoms with E-state index in [2.05, 4.69) is 10.3 Å². The summed E-state index contributed by atoms with van der Waals surface area (Å²) in [5, 5.41) is 12.7. The molecule has 0 unspecified atom stereocenters. The second-order valence-corrected chi connectivity index (χ2v) is 5.84. The SMILES string of the molecule is O=C(O)C1=C(/C=C/c2ccncc2)C[C@@H]2CN[C@@H]3C(=O)N1[C@H]23. The number of allylic oxidation sites excluding steroid dienone is 2. The van der Waals surface area contributed by atoms with Gasteiger partial charge in [-0.25, -0.2) is 4.79 Å². The zero-order valence-electron chi connectivity index (χ0n) is 11.8. The number of aromatic nitrogens is 1. The van der Waals surface area contributed by atoms with Crippen molar-refractivity contribution in [3.8, 4) is 0 Å². The van der Waals surface area contributed by atoms with E-state index in [-0.39, 0.29) is 23.7 Å². The number of hydrogen-bond donors (Lipinski definition) is 2. The van der Waals surface area contributed by atoms with Crippen LogP contribution in [0.15, 0.2) is 41.9 Å². The molecule has 1 aromatic rings. The number of carboxylic acid groups (broad SMARTS) is 1. The van der Waals surface area contributed by atoms with Crippen molar-refractivity contribution in [1.29, 1.82) is 0 Å². The first-order chi connectivity index (χ1) is 10.7. The number of pyridine rings is 1. The molecule has 0 saturated carbocycles. The van der Waals surface area contributed by atoms with Gasteiger partial charge in [-0.15, -0.1) is 0 Å². The van der Waals surface area contributed by atoms with Gasteiger partial charge < -0.3 is 10.4 Å². The largest absolute Gasteiger partial charge is 0.477 e. The van der Waals surface area contributed by atoms with Gasteiger partial charge in [-0.1, -0.05) is 12.2 Å². The Labute approximate surface area is 127 Å². The molecule has 2 N–H and O–H groups in total. The summed E-state index contributed by atoms with van der Waals surface area (Å²) < 4.78 is 0. The molecule has 1 amide bonds. The van der Waals surface area contributed by atoms with E-state index in [1.165, 1.54) is 4.90 Å². The number of nitrogens with one attached hydrogen (secondary N) is 1. The van der Waals surface area contributed by atoms with Gasteiger partial charge in [0.15, 0.2) is 0 Å². The Morgan fingerprint density at radius 2 is 2.14 bits per heavy atom. The first-order valence-corrected chi connectivity index (χ1v) is 7.28. The second kappa shape index (κ2) is 4.78. The van der Waals surface area contributed by atoms with Crippen LogP contribution in [0.25, 0.3) is 6.08 Å². The van der Waals surface area contributed by atoms with Crippen molar-refractivity contribution in [3.05, 3.63) is 47.4 Å². The monoisotopic (exact) mass is 297 g/mol. The molecule has 0 aromatic carbocycles. The maximum absolute atomic E-state index is 12.1. The summed E-state index contributed by atoms with van der Waals surface area (Å²) >= 11 is 0. The fourth-order valence-corrected chi connectivity index (χ4v) is 3.64. The molecule has 3 aliphatic rings. The summed E-state index contributed by atoms with van der Waals surface area (Å²) in [7, 11) is 0. The average molecular weight is 297 g/mol. The van der Waals surface area contributed by atoms with Crippen LogP contribution < -0.4 is 5.32 Å². The Morgan fingerprint density at radius 3 is 2.86 bits per heavy atom. The van der Waals surface area contributed by atoms with E-state index in [1.54, 1.807) is 12.4 Å². The third-order valence-electron chi connectivity index (χ3n) is 4.64. The maximum atomic E-state index is 12.1. The van der Waals surface area contributed by atoms with Crippen LogP contribution in [0.2, 0.25) is 0 Å². The highest BCUT2D eigenvalue weighted by molar-refractivity contribution is 6.01. The number of carbonyl (C=O) groups excluding carboxylic acids is 1. The third-order valence-corrected chi connectivity index (χ3v) is 4.64. The van der Waals surface area contributed by atoms with Crippen molar-refractivity contribution in [2.75, 3.05) is 6.54 Å². The van der Waals surface area contributed by atoms with Crippen LogP contribution >= 0.6 is 0 Å². The topological polar surface area (TPSA) is 82.5 Å². The quantitative estimate of drug-likeness (QED) is 0.800. The smallest absolute Gasteiger partial charge is 0.352 e. The van der Waals surface area contributed by atoms with Gasteiger partial charge in [0.2, 0.25) is 5.91 Å². The minimum Gasteiger partial charge on any atom is -0.477 e. The summed E-state index contributed by atoms with van der Waals surface area (Å²) in [6.45, 7) is 0.761. The molecule has 112 valence electrons. The Morgan fingerprint density at radius 1 is 1.36 bits per heavy atom. The van der Waals surface area contributed by atoms with E-state index in [0.717, 1.165) is 12.1 Å². The maximum Gasteiger partial charge on any atom is 0.352 e. The molecule has 0 radical (unpaired) electrons. The number of nitrogens with zero attached hydrogens (tertiary/aromatic N) is 2. The lowest BCUT2D eigenvalue weighted by Crippen LogP contribution is -2.68. The Hall–Kier alpha value is -2.47. The normalized spacial score (nSPS) is 29.7. The van der Waals surface area contributed by atoms with Gasteiger partial charge >= 0.3 is 5.97 Å². The highest BCUT2D eigenvalue weighted by Gasteiger charge is 2.59. The first-order valence-electron chi connectivity index (χ1n) is 7.28. The van der Waals surface area contributed by atoms with Crippen LogP contribution in [0, 0.1) is 5.92 Å². The lowest BCUT2D eigenvalue weighted by atomic mass is 9.79. The van der Waals surface area contributed by atoms with Crippen molar-refractivity contribution in [1.82, 2.24) is 15.2 Å². The standard InChI is InChI=1S/C16H15N3O3/c20-15-12-13-11(8-18-12)7-10(14(16(21)22)19(13)15)2-1-9-3-5-17-6-4-9/h1-6,11-13,18H,7-8H2,(H,21,22)/b2-1+/t11-,12+,13-/m1/s1. The van der Waals surface area contributed by atoms with E-state index >= 15 is 0 Å². The zero-order chi connectivity index (χ0) is 15.3. The molecule has 3 aliphatic heterocycles. The van der Waals surface area contributed by atoms with Crippen molar-refractivity contribution in [2.45, 2.75) is 18.5 Å². The number of β-lactam (4-membered cyclic amide) rings is 1. The summed E-state index contributed by atoms with van der Waals surface area (Å²) in [6, 6.07) is 3.53. The van der Waals surface area contributed by atoms with Gasteiger partial charge in [-0.05, 0) is 35.6 Å². The van der Waals surface area contributed by atoms with E-state index < -0.39 is 5.97 Å². The Bertz CT molecular complexity index is 711. The van der Waals surface area contributed by atoms with Crippen molar-refractivity contribution >= 4 is 18.0 Å². The number of aliphatic carboxylic acids is 1. The first kappa shape index (κ1) is 13.2. The van der Waals surface area contributed by atoms with Crippen LogP contribution in [0.4, 0.5) is 0 Å². The van der Waals surface area contributed by atoms with Crippen molar-refractivity contribution in [3.63, 3.8) is 0 Å². The average Bonchev–Trinajstić information content (AvgIpc) is 2.93. The molecule has 1 aromatic heterocycles. The van der Waals surface area contributed by atoms with E-state index in [4.69, 9.17) is 0 Å². The van der Waals surface area contributed by atoms with Gasteiger partial charge in [0, 0.05) is 18.9 Å². The molecule has 22 heavy (non-hydrogen) atoms. The molecule has 3 atom stereocenters. The molecule has 0 spiro atoms. The fraction of sp³-hybridized carbons (Fsp3) is 0.312. The van der Waals surface area contributed by atoms with Gasteiger partial charge in [0.25, 0.3) is 0 Å². The molecular weight excluding hydrogens is 282 g/mol. The molecule has 2 fully saturated rings. The minimum absolute atomic E-state index is 0.0108. The van der Waals surface area contributed by atoms with Gasteiger partial charge in [0.1, 0.15) is 11.7 Å². The van der Waals surface area contributed by atoms with Crippen LogP contribution in [0.3, 0.4) is 0 Å². The molecular formula is C16H15N3O3. The van der Waals surface area contributed by atoms with Gasteiger partial charge in [0.05, 0.1) is 6.04 Å². The molecule has 4 heterocycles. The molecule has 6 nitrogen and oxygen atoms in total. The predicted octanol–water partition coefficient (Wildman–Crippen LogP) is 0.636. The minimum atomic E-state index is -1.04. The van der Waals surface area contributed by atoms with E-state index in [0.29, 0.717) is 17.9 Å². The predicted molar refractivity (Wildman–Crippen MR) is 78.5 cm³/mol. The highest BCUT2D eigenvalue weighted by atomic mass is 16.4. The molecule has 0 aliphatic carbocycles. The second-order valence-electron chi connectivity index (χ2n) is 5.84. The van der Waals surface area contributed by atoms with Crippen molar-refractivity contribution < 1.29 is 14.7 Å². The van der Waals surface area contributed by atoms with Crippen LogP contribution in [0.1, 0.15) is 12.0 Å². The molecule has 4 rings (SSSR count). The molecule has 6 heteroatoms.